The SMILES string of the molecule is Cc1ccc2c(N3CCN(CCc4cccc(N5CCCC5=O)c4)CC3)cccc2n1. The lowest BCUT2D eigenvalue weighted by molar-refractivity contribution is -0.117. The molecule has 0 spiro atoms. The monoisotopic (exact) mass is 414 g/mol. The number of benzene rings is 2. The van der Waals surface area contributed by atoms with Crippen molar-refractivity contribution in [2.24, 2.45) is 0 Å². The maximum absolute atomic E-state index is 12.0. The highest BCUT2D eigenvalue weighted by Crippen LogP contribution is 2.27. The molecule has 2 fully saturated rings. The molecule has 2 aliphatic heterocycles. The topological polar surface area (TPSA) is 39.7 Å². The Balaban J connectivity index is 1.19. The number of hydrogen-bond donors (Lipinski definition) is 0. The maximum Gasteiger partial charge on any atom is 0.227 e. The third kappa shape index (κ3) is 4.28. The standard InChI is InChI=1S/C26H30N4O/c1-20-10-11-23-24(27-20)7-3-8-25(23)29-17-15-28(16-18-29)14-12-21-5-2-6-22(19-21)30-13-4-9-26(30)31/h2-3,5-8,10-11,19H,4,9,12-18H2,1H3. The Morgan fingerprint density at radius 1 is 0.935 bits per heavy atom. The fourth-order valence-corrected chi connectivity index (χ4v) is 4.82. The molecule has 1 aromatic heterocycles. The molecule has 3 heterocycles. The Kier molecular flexibility index (Phi) is 5.60. The zero-order chi connectivity index (χ0) is 21.2. The van der Waals surface area contributed by atoms with E-state index in [9.17, 15) is 4.79 Å². The summed E-state index contributed by atoms with van der Waals surface area (Å²) in [5.74, 6) is 0.257. The Hall–Kier alpha value is -2.92. The first-order chi connectivity index (χ1) is 15.2. The zero-order valence-electron chi connectivity index (χ0n) is 18.3. The van der Waals surface area contributed by atoms with Gasteiger partial charge in [-0.05, 0) is 61.7 Å². The molecule has 0 atom stereocenters. The van der Waals surface area contributed by atoms with Gasteiger partial charge in [-0.2, -0.15) is 0 Å². The molecule has 1 amide bonds. The van der Waals surface area contributed by atoms with E-state index in [4.69, 9.17) is 0 Å². The first-order valence-electron chi connectivity index (χ1n) is 11.4. The molecule has 2 saturated heterocycles. The van der Waals surface area contributed by atoms with Gasteiger partial charge in [-0.3, -0.25) is 14.7 Å². The summed E-state index contributed by atoms with van der Waals surface area (Å²) < 4.78 is 0. The molecule has 0 aliphatic carbocycles. The third-order valence-corrected chi connectivity index (χ3v) is 6.57. The summed E-state index contributed by atoms with van der Waals surface area (Å²) >= 11 is 0. The summed E-state index contributed by atoms with van der Waals surface area (Å²) in [6.07, 6.45) is 2.67. The van der Waals surface area contributed by atoms with Crippen LogP contribution in [0, 0.1) is 6.92 Å². The van der Waals surface area contributed by atoms with Crippen LogP contribution in [0.5, 0.6) is 0 Å². The first-order valence-corrected chi connectivity index (χ1v) is 11.4. The van der Waals surface area contributed by atoms with Crippen LogP contribution in [0.2, 0.25) is 0 Å². The predicted molar refractivity (Wildman–Crippen MR) is 127 cm³/mol. The molecule has 2 aromatic carbocycles. The minimum Gasteiger partial charge on any atom is -0.368 e. The molecule has 0 unspecified atom stereocenters. The van der Waals surface area contributed by atoms with Crippen molar-refractivity contribution < 1.29 is 4.79 Å². The minimum atomic E-state index is 0.257. The van der Waals surface area contributed by atoms with Gasteiger partial charge in [0, 0.05) is 68.1 Å². The molecule has 3 aromatic rings. The fraction of sp³-hybridized carbons (Fsp3) is 0.385. The van der Waals surface area contributed by atoms with Gasteiger partial charge in [0.25, 0.3) is 0 Å². The summed E-state index contributed by atoms with van der Waals surface area (Å²) in [6, 6.07) is 19.3. The lowest BCUT2D eigenvalue weighted by Gasteiger charge is -2.36. The van der Waals surface area contributed by atoms with Gasteiger partial charge in [-0.1, -0.05) is 18.2 Å². The van der Waals surface area contributed by atoms with Crippen LogP contribution in [0.3, 0.4) is 0 Å². The molecule has 5 nitrogen and oxygen atoms in total. The number of anilines is 2. The van der Waals surface area contributed by atoms with Gasteiger partial charge in [0.1, 0.15) is 0 Å². The van der Waals surface area contributed by atoms with Crippen LogP contribution in [0.4, 0.5) is 11.4 Å². The highest BCUT2D eigenvalue weighted by Gasteiger charge is 2.22. The van der Waals surface area contributed by atoms with Gasteiger partial charge in [-0.15, -0.1) is 0 Å². The largest absolute Gasteiger partial charge is 0.368 e. The van der Waals surface area contributed by atoms with Gasteiger partial charge in [0.2, 0.25) is 5.91 Å². The van der Waals surface area contributed by atoms with E-state index in [0.29, 0.717) is 6.42 Å². The molecule has 0 bridgehead atoms. The summed E-state index contributed by atoms with van der Waals surface area (Å²) in [7, 11) is 0. The zero-order valence-corrected chi connectivity index (χ0v) is 18.3. The van der Waals surface area contributed by atoms with Crippen LogP contribution >= 0.6 is 0 Å². The number of amides is 1. The average Bonchev–Trinajstić information content (AvgIpc) is 3.23. The molecule has 31 heavy (non-hydrogen) atoms. The van der Waals surface area contributed by atoms with Crippen LogP contribution in [0.25, 0.3) is 10.9 Å². The van der Waals surface area contributed by atoms with E-state index in [1.54, 1.807) is 0 Å². The number of carbonyl (C=O) groups excluding carboxylic acids is 1. The van der Waals surface area contributed by atoms with Crippen molar-refractivity contribution >= 4 is 28.2 Å². The number of fused-ring (bicyclic) bond motifs is 1. The maximum atomic E-state index is 12.0. The fourth-order valence-electron chi connectivity index (χ4n) is 4.82. The number of aromatic nitrogens is 1. The molecular formula is C26H30N4O. The summed E-state index contributed by atoms with van der Waals surface area (Å²) in [6.45, 7) is 8.17. The quantitative estimate of drug-likeness (QED) is 0.632. The van der Waals surface area contributed by atoms with Gasteiger partial charge < -0.3 is 9.80 Å². The van der Waals surface area contributed by atoms with E-state index < -0.39 is 0 Å². The molecule has 0 saturated carbocycles. The summed E-state index contributed by atoms with van der Waals surface area (Å²) in [5, 5.41) is 1.25. The van der Waals surface area contributed by atoms with Gasteiger partial charge >= 0.3 is 0 Å². The number of pyridine rings is 1. The van der Waals surface area contributed by atoms with Crippen molar-refractivity contribution in [1.82, 2.24) is 9.88 Å². The minimum absolute atomic E-state index is 0.257. The Labute approximate surface area is 184 Å². The number of hydrogen-bond acceptors (Lipinski definition) is 4. The normalized spacial score (nSPS) is 17.6. The van der Waals surface area contributed by atoms with E-state index in [1.165, 1.54) is 16.6 Å². The van der Waals surface area contributed by atoms with Crippen molar-refractivity contribution in [1.29, 1.82) is 0 Å². The second-order valence-electron chi connectivity index (χ2n) is 8.69. The van der Waals surface area contributed by atoms with Crippen LogP contribution in [0.1, 0.15) is 24.1 Å². The van der Waals surface area contributed by atoms with E-state index in [2.05, 4.69) is 69.4 Å². The number of aryl methyl sites for hydroxylation is 1. The number of carbonyl (C=O) groups is 1. The molecule has 0 N–H and O–H groups in total. The van der Waals surface area contributed by atoms with Gasteiger partial charge in [-0.25, -0.2) is 0 Å². The van der Waals surface area contributed by atoms with E-state index in [0.717, 1.165) is 69.0 Å². The first kappa shape index (κ1) is 20.0. The number of nitrogens with zero attached hydrogens (tertiary/aromatic N) is 4. The second kappa shape index (κ2) is 8.67. The van der Waals surface area contributed by atoms with Crippen molar-refractivity contribution in [3.8, 4) is 0 Å². The second-order valence-corrected chi connectivity index (χ2v) is 8.69. The average molecular weight is 415 g/mol. The summed E-state index contributed by atoms with van der Waals surface area (Å²) in [4.78, 5) is 23.7. The van der Waals surface area contributed by atoms with E-state index in [-0.39, 0.29) is 5.91 Å². The molecule has 2 aliphatic rings. The Bertz CT molecular complexity index is 1090. The van der Waals surface area contributed by atoms with Gasteiger partial charge in [0.15, 0.2) is 0 Å². The third-order valence-electron chi connectivity index (χ3n) is 6.57. The van der Waals surface area contributed by atoms with Crippen LogP contribution in [0.15, 0.2) is 54.6 Å². The van der Waals surface area contributed by atoms with Crippen molar-refractivity contribution in [3.05, 3.63) is 65.9 Å². The highest BCUT2D eigenvalue weighted by molar-refractivity contribution is 5.95. The van der Waals surface area contributed by atoms with E-state index >= 15 is 0 Å². The van der Waals surface area contributed by atoms with Crippen molar-refractivity contribution in [3.63, 3.8) is 0 Å². The van der Waals surface area contributed by atoms with Crippen LogP contribution < -0.4 is 9.80 Å². The lowest BCUT2D eigenvalue weighted by Crippen LogP contribution is -2.47. The number of rotatable bonds is 5. The molecule has 5 heteroatoms. The number of piperazine rings is 1. The van der Waals surface area contributed by atoms with Gasteiger partial charge in [0.05, 0.1) is 5.52 Å². The molecule has 0 radical (unpaired) electrons. The summed E-state index contributed by atoms with van der Waals surface area (Å²) in [5.41, 5.74) is 5.82. The molecular weight excluding hydrogens is 384 g/mol. The highest BCUT2D eigenvalue weighted by atomic mass is 16.2. The Morgan fingerprint density at radius 3 is 2.58 bits per heavy atom. The molecule has 160 valence electrons. The van der Waals surface area contributed by atoms with E-state index in [1.807, 2.05) is 11.8 Å². The van der Waals surface area contributed by atoms with Crippen LogP contribution in [-0.4, -0.2) is 55.1 Å². The predicted octanol–water partition coefficient (Wildman–Crippen LogP) is 4.03. The molecule has 5 rings (SSSR count). The van der Waals surface area contributed by atoms with Crippen molar-refractivity contribution in [2.45, 2.75) is 26.2 Å². The smallest absolute Gasteiger partial charge is 0.227 e. The Morgan fingerprint density at radius 2 is 1.77 bits per heavy atom. The lowest BCUT2D eigenvalue weighted by atomic mass is 10.1. The van der Waals surface area contributed by atoms with Crippen molar-refractivity contribution in [2.75, 3.05) is 49.1 Å². The van der Waals surface area contributed by atoms with Crippen LogP contribution in [-0.2, 0) is 11.2 Å².